The lowest BCUT2D eigenvalue weighted by Gasteiger charge is -2.47. The van der Waals surface area contributed by atoms with Gasteiger partial charge in [0.2, 0.25) is 5.91 Å². The predicted molar refractivity (Wildman–Crippen MR) is 163 cm³/mol. The highest BCUT2D eigenvalue weighted by molar-refractivity contribution is 7.80. The monoisotopic (exact) mass is 591 g/mol. The van der Waals surface area contributed by atoms with Gasteiger partial charge in [-0.3, -0.25) is 9.59 Å². The molecule has 1 unspecified atom stereocenters. The van der Waals surface area contributed by atoms with Crippen LogP contribution < -0.4 is 20.1 Å². The Morgan fingerprint density at radius 2 is 1.86 bits per heavy atom. The van der Waals surface area contributed by atoms with E-state index < -0.39 is 5.54 Å². The summed E-state index contributed by atoms with van der Waals surface area (Å²) in [6.45, 7) is 2.03. The van der Waals surface area contributed by atoms with E-state index in [9.17, 15) is 9.59 Å². The average molecular weight is 592 g/mol. The number of nitrogens with one attached hydrogen (secondary N) is 2. The van der Waals surface area contributed by atoms with Crippen LogP contribution in [0.4, 0.5) is 5.69 Å². The van der Waals surface area contributed by atoms with Gasteiger partial charge in [-0.05, 0) is 61.9 Å². The molecule has 0 bridgehead atoms. The summed E-state index contributed by atoms with van der Waals surface area (Å²) in [4.78, 5) is 34.3. The topological polar surface area (TPSA) is 99.5 Å². The van der Waals surface area contributed by atoms with Crippen molar-refractivity contribution in [3.05, 3.63) is 78.3 Å². The van der Waals surface area contributed by atoms with Gasteiger partial charge in [0.15, 0.2) is 5.11 Å². The van der Waals surface area contributed by atoms with Crippen LogP contribution in [-0.2, 0) is 16.1 Å². The third-order valence-corrected chi connectivity index (χ3v) is 8.50. The molecule has 2 aromatic carbocycles. The van der Waals surface area contributed by atoms with Crippen molar-refractivity contribution in [1.82, 2.24) is 20.0 Å². The molecule has 0 saturated carbocycles. The summed E-state index contributed by atoms with van der Waals surface area (Å²) in [6, 6.07) is 18.8. The van der Waals surface area contributed by atoms with E-state index in [1.165, 1.54) is 7.11 Å². The highest BCUT2D eigenvalue weighted by Crippen LogP contribution is 2.35. The Balaban J connectivity index is 1.44. The maximum absolute atomic E-state index is 14.3. The number of benzene rings is 2. The normalized spacial score (nSPS) is 18.3. The molecule has 0 spiro atoms. The van der Waals surface area contributed by atoms with Crippen molar-refractivity contribution in [3.63, 3.8) is 0 Å². The Kier molecular flexibility index (Phi) is 8.98. The van der Waals surface area contributed by atoms with Crippen LogP contribution in [0.1, 0.15) is 30.2 Å². The maximum Gasteiger partial charge on any atom is 0.250 e. The van der Waals surface area contributed by atoms with Gasteiger partial charge >= 0.3 is 0 Å². The van der Waals surface area contributed by atoms with Crippen LogP contribution in [0.15, 0.2) is 71.3 Å². The molecule has 2 fully saturated rings. The van der Waals surface area contributed by atoms with E-state index in [1.54, 1.807) is 42.5 Å². The first-order chi connectivity index (χ1) is 20.3. The van der Waals surface area contributed by atoms with E-state index in [0.717, 1.165) is 5.56 Å². The molecule has 2 aliphatic rings. The number of hydrogen-bond acceptors (Lipinski definition) is 7. The maximum atomic E-state index is 14.3. The molecular formula is C31H37N5O5S. The number of piperidine rings is 1. The van der Waals surface area contributed by atoms with Crippen molar-refractivity contribution in [1.29, 1.82) is 0 Å². The summed E-state index contributed by atoms with van der Waals surface area (Å²) in [5.41, 5.74) is 0.471. The molecule has 2 aliphatic heterocycles. The number of carbonyl (C=O) groups is 2. The largest absolute Gasteiger partial charge is 0.497 e. The Morgan fingerprint density at radius 3 is 2.52 bits per heavy atom. The van der Waals surface area contributed by atoms with Crippen molar-refractivity contribution in [2.45, 2.75) is 31.0 Å². The minimum absolute atomic E-state index is 0.0202. The molecule has 5 rings (SSSR count). The zero-order chi connectivity index (χ0) is 29.7. The average Bonchev–Trinajstić information content (AvgIpc) is 3.66. The van der Waals surface area contributed by atoms with E-state index in [2.05, 4.69) is 15.5 Å². The van der Waals surface area contributed by atoms with Crippen LogP contribution in [0.25, 0.3) is 0 Å². The first-order valence-electron chi connectivity index (χ1n) is 14.0. The molecule has 42 heavy (non-hydrogen) atoms. The molecule has 0 aliphatic carbocycles. The highest BCUT2D eigenvalue weighted by atomic mass is 32.1. The molecule has 1 aromatic heterocycles. The first kappa shape index (κ1) is 29.4. The van der Waals surface area contributed by atoms with Gasteiger partial charge < -0.3 is 39.2 Å². The quantitative estimate of drug-likeness (QED) is 0.342. The van der Waals surface area contributed by atoms with Crippen LogP contribution in [0.3, 0.4) is 0 Å². The number of likely N-dealkylation sites (tertiary alicyclic amines) is 1. The second kappa shape index (κ2) is 12.8. The van der Waals surface area contributed by atoms with E-state index in [4.69, 9.17) is 26.1 Å². The predicted octanol–water partition coefficient (Wildman–Crippen LogP) is 3.66. The number of carbonyl (C=O) groups excluding carboxylic acids is 2. The Labute approximate surface area is 251 Å². The van der Waals surface area contributed by atoms with Gasteiger partial charge in [-0.25, -0.2) is 0 Å². The van der Waals surface area contributed by atoms with Gasteiger partial charge in [0.25, 0.3) is 5.91 Å². The van der Waals surface area contributed by atoms with Gasteiger partial charge in [0.05, 0.1) is 45.3 Å². The SMILES string of the molecule is COc1ccc(NC(=O)C2(N(Cc3ccco3)C(=O)CN3CC(c4ccccc4)NC3=S)CCN(C)CC2)c(OC)c1. The number of rotatable bonds is 10. The number of thiocarbonyl (C=S) groups is 1. The second-order valence-electron chi connectivity index (χ2n) is 10.7. The van der Waals surface area contributed by atoms with E-state index >= 15 is 0 Å². The number of nitrogens with zero attached hydrogens (tertiary/aromatic N) is 3. The molecule has 222 valence electrons. The summed E-state index contributed by atoms with van der Waals surface area (Å²) in [5, 5.41) is 6.92. The van der Waals surface area contributed by atoms with E-state index in [0.29, 0.717) is 60.5 Å². The minimum atomic E-state index is -1.13. The fraction of sp³-hybridized carbons (Fsp3) is 0.387. The van der Waals surface area contributed by atoms with Gasteiger partial charge in [0, 0.05) is 25.7 Å². The molecule has 1 atom stereocenters. The highest BCUT2D eigenvalue weighted by Gasteiger charge is 2.49. The minimum Gasteiger partial charge on any atom is -0.497 e. The summed E-state index contributed by atoms with van der Waals surface area (Å²) in [5.74, 6) is 1.20. The number of hydrogen-bond donors (Lipinski definition) is 2. The number of furan rings is 1. The molecule has 10 nitrogen and oxygen atoms in total. The lowest BCUT2D eigenvalue weighted by atomic mass is 9.84. The van der Waals surface area contributed by atoms with Crippen molar-refractivity contribution in [3.8, 4) is 11.5 Å². The number of anilines is 1. The standard InChI is InChI=1S/C31H37N5O5S/c1-34-15-13-31(14-16-34,29(38)32-25-12-11-23(39-2)18-27(25)40-3)36(19-24-10-7-17-41-24)28(37)21-35-20-26(33-30(35)42)22-8-5-4-6-9-22/h4-12,17-18,26H,13-16,19-21H2,1-3H3,(H,32,38)(H,33,42). The van der Waals surface area contributed by atoms with Crippen LogP contribution in [-0.4, -0.2) is 84.6 Å². The summed E-state index contributed by atoms with van der Waals surface area (Å²) in [6.07, 6.45) is 2.48. The van der Waals surface area contributed by atoms with Gasteiger partial charge in [-0.15, -0.1) is 0 Å². The molecule has 2 saturated heterocycles. The van der Waals surface area contributed by atoms with E-state index in [-0.39, 0.29) is 30.9 Å². The zero-order valence-corrected chi connectivity index (χ0v) is 25.0. The molecule has 2 N–H and O–H groups in total. The number of amides is 2. The van der Waals surface area contributed by atoms with Crippen molar-refractivity contribution in [2.24, 2.45) is 0 Å². The second-order valence-corrected chi connectivity index (χ2v) is 11.1. The van der Waals surface area contributed by atoms with Crippen LogP contribution >= 0.6 is 12.2 Å². The molecule has 0 radical (unpaired) electrons. The summed E-state index contributed by atoms with van der Waals surface area (Å²) < 4.78 is 16.5. The lowest BCUT2D eigenvalue weighted by molar-refractivity contribution is -0.150. The van der Waals surface area contributed by atoms with Gasteiger partial charge in [-0.1, -0.05) is 30.3 Å². The molecule has 3 aromatic rings. The van der Waals surface area contributed by atoms with Gasteiger partial charge in [0.1, 0.15) is 22.8 Å². The fourth-order valence-corrected chi connectivity index (χ4v) is 5.91. The molecular weight excluding hydrogens is 554 g/mol. The van der Waals surface area contributed by atoms with Crippen molar-refractivity contribution >= 4 is 34.8 Å². The summed E-state index contributed by atoms with van der Waals surface area (Å²) in [7, 11) is 5.13. The summed E-state index contributed by atoms with van der Waals surface area (Å²) >= 11 is 5.64. The number of ether oxygens (including phenoxy) is 2. The first-order valence-corrected chi connectivity index (χ1v) is 14.4. The zero-order valence-electron chi connectivity index (χ0n) is 24.2. The molecule has 3 heterocycles. The van der Waals surface area contributed by atoms with Crippen LogP contribution in [0, 0.1) is 0 Å². The molecule has 11 heteroatoms. The van der Waals surface area contributed by atoms with Crippen molar-refractivity contribution in [2.75, 3.05) is 52.8 Å². The smallest absolute Gasteiger partial charge is 0.250 e. The Hall–Kier alpha value is -4.09. The third-order valence-electron chi connectivity index (χ3n) is 8.12. The van der Waals surface area contributed by atoms with Gasteiger partial charge in [-0.2, -0.15) is 0 Å². The van der Waals surface area contributed by atoms with Crippen LogP contribution in [0.5, 0.6) is 11.5 Å². The molecule has 2 amide bonds. The third kappa shape index (κ3) is 6.22. The Morgan fingerprint density at radius 1 is 1.10 bits per heavy atom. The lowest BCUT2D eigenvalue weighted by Crippen LogP contribution is -2.64. The fourth-order valence-electron chi connectivity index (χ4n) is 5.63. The Bertz CT molecular complexity index is 1390. The van der Waals surface area contributed by atoms with E-state index in [1.807, 2.05) is 48.3 Å². The number of methoxy groups -OCH3 is 2. The van der Waals surface area contributed by atoms with Crippen molar-refractivity contribution < 1.29 is 23.5 Å². The van der Waals surface area contributed by atoms with Crippen LogP contribution in [0.2, 0.25) is 0 Å².